The summed E-state index contributed by atoms with van der Waals surface area (Å²) in [4.78, 5) is 16.7. The molecule has 0 aromatic carbocycles. The van der Waals surface area contributed by atoms with Crippen LogP contribution < -0.4 is 10.6 Å². The Bertz CT molecular complexity index is 745. The van der Waals surface area contributed by atoms with Gasteiger partial charge in [0.25, 0.3) is 0 Å². The Morgan fingerprint density at radius 2 is 1.85 bits per heavy atom. The van der Waals surface area contributed by atoms with Crippen molar-refractivity contribution in [2.24, 2.45) is 0 Å². The molecule has 2 saturated carbocycles. The first-order valence-electron chi connectivity index (χ1n) is 10.3. The number of pyridine rings is 1. The number of carbonyl (C=O) groups is 1. The number of urea groups is 1. The van der Waals surface area contributed by atoms with Crippen molar-refractivity contribution in [3.63, 3.8) is 0 Å². The van der Waals surface area contributed by atoms with Crippen LogP contribution in [-0.4, -0.2) is 26.8 Å². The highest BCUT2D eigenvalue weighted by atomic mass is 16.2. The van der Waals surface area contributed by atoms with Gasteiger partial charge in [-0.25, -0.2) is 4.79 Å². The molecule has 0 radical (unpaired) electrons. The minimum atomic E-state index is -0.0864. The van der Waals surface area contributed by atoms with Crippen molar-refractivity contribution in [3.8, 4) is 11.4 Å². The van der Waals surface area contributed by atoms with Crippen molar-refractivity contribution in [1.82, 2.24) is 25.4 Å². The maximum absolute atomic E-state index is 12.2. The third-order valence-electron chi connectivity index (χ3n) is 5.75. The molecule has 2 N–H and O–H groups in total. The standard InChI is InChI=1S/C21H29N5O/c27-21(24-16-8-2-1-3-9-16)23-15-17-14-20(19-12-6-7-13-22-19)26(25-17)18-10-4-5-11-18/h6-7,12-14,16,18H,1-5,8-11,15H2,(H2,23,24,27). The molecular formula is C21H29N5O. The summed E-state index contributed by atoms with van der Waals surface area (Å²) in [7, 11) is 0. The van der Waals surface area contributed by atoms with Gasteiger partial charge in [0.15, 0.2) is 0 Å². The lowest BCUT2D eigenvalue weighted by atomic mass is 9.96. The molecule has 27 heavy (non-hydrogen) atoms. The van der Waals surface area contributed by atoms with E-state index in [2.05, 4.69) is 26.4 Å². The Kier molecular flexibility index (Phi) is 5.70. The van der Waals surface area contributed by atoms with E-state index in [9.17, 15) is 4.79 Å². The van der Waals surface area contributed by atoms with Gasteiger partial charge in [-0.15, -0.1) is 0 Å². The van der Waals surface area contributed by atoms with Gasteiger partial charge in [0.05, 0.1) is 29.7 Å². The van der Waals surface area contributed by atoms with E-state index in [0.29, 0.717) is 18.6 Å². The smallest absolute Gasteiger partial charge is 0.315 e. The largest absolute Gasteiger partial charge is 0.335 e. The average Bonchev–Trinajstić information content (AvgIpc) is 3.37. The van der Waals surface area contributed by atoms with Gasteiger partial charge in [0.2, 0.25) is 0 Å². The third-order valence-corrected chi connectivity index (χ3v) is 5.75. The van der Waals surface area contributed by atoms with Crippen LogP contribution in [0.5, 0.6) is 0 Å². The van der Waals surface area contributed by atoms with E-state index >= 15 is 0 Å². The molecule has 0 atom stereocenters. The van der Waals surface area contributed by atoms with E-state index in [1.165, 1.54) is 32.1 Å². The molecular weight excluding hydrogens is 338 g/mol. The van der Waals surface area contributed by atoms with Crippen LogP contribution >= 0.6 is 0 Å². The molecule has 2 aromatic heterocycles. The fourth-order valence-corrected chi connectivity index (χ4v) is 4.32. The molecule has 0 saturated heterocycles. The van der Waals surface area contributed by atoms with Gasteiger partial charge < -0.3 is 10.6 Å². The summed E-state index contributed by atoms with van der Waals surface area (Å²) in [5.74, 6) is 0. The van der Waals surface area contributed by atoms with E-state index in [4.69, 9.17) is 5.10 Å². The minimum Gasteiger partial charge on any atom is -0.335 e. The first kappa shape index (κ1) is 18.0. The second-order valence-corrected chi connectivity index (χ2v) is 7.78. The number of amides is 2. The minimum absolute atomic E-state index is 0.0864. The van der Waals surface area contributed by atoms with E-state index in [0.717, 1.165) is 42.8 Å². The number of rotatable bonds is 5. The second kappa shape index (κ2) is 8.55. The molecule has 6 heteroatoms. The van der Waals surface area contributed by atoms with Crippen molar-refractivity contribution >= 4 is 6.03 Å². The zero-order chi connectivity index (χ0) is 18.5. The zero-order valence-electron chi connectivity index (χ0n) is 15.9. The van der Waals surface area contributed by atoms with E-state index in [-0.39, 0.29) is 6.03 Å². The molecule has 0 aliphatic heterocycles. The summed E-state index contributed by atoms with van der Waals surface area (Å²) in [6, 6.07) is 8.70. The van der Waals surface area contributed by atoms with E-state index < -0.39 is 0 Å². The van der Waals surface area contributed by atoms with Crippen LogP contribution in [0.25, 0.3) is 11.4 Å². The Labute approximate surface area is 160 Å². The number of aromatic nitrogens is 3. The van der Waals surface area contributed by atoms with Crippen LogP contribution in [0.4, 0.5) is 4.79 Å². The van der Waals surface area contributed by atoms with Crippen LogP contribution in [0.3, 0.4) is 0 Å². The first-order valence-corrected chi connectivity index (χ1v) is 10.3. The van der Waals surface area contributed by atoms with Gasteiger partial charge in [0, 0.05) is 12.2 Å². The molecule has 0 spiro atoms. The van der Waals surface area contributed by atoms with Gasteiger partial charge >= 0.3 is 6.03 Å². The van der Waals surface area contributed by atoms with Crippen molar-refractivity contribution in [1.29, 1.82) is 0 Å². The highest BCUT2D eigenvalue weighted by Crippen LogP contribution is 2.33. The molecule has 2 heterocycles. The van der Waals surface area contributed by atoms with Crippen LogP contribution in [0, 0.1) is 0 Å². The number of nitrogens with one attached hydrogen (secondary N) is 2. The molecule has 2 amide bonds. The highest BCUT2D eigenvalue weighted by Gasteiger charge is 2.23. The molecule has 0 bridgehead atoms. The number of nitrogens with zero attached hydrogens (tertiary/aromatic N) is 3. The van der Waals surface area contributed by atoms with Crippen LogP contribution in [-0.2, 0) is 6.54 Å². The zero-order valence-corrected chi connectivity index (χ0v) is 15.9. The molecule has 0 unspecified atom stereocenters. The van der Waals surface area contributed by atoms with E-state index in [1.54, 1.807) is 0 Å². The van der Waals surface area contributed by atoms with Crippen molar-refractivity contribution in [3.05, 3.63) is 36.2 Å². The number of hydrogen-bond donors (Lipinski definition) is 2. The van der Waals surface area contributed by atoms with Gasteiger partial charge in [-0.1, -0.05) is 38.2 Å². The Hall–Kier alpha value is -2.37. The summed E-state index contributed by atoms with van der Waals surface area (Å²) < 4.78 is 2.13. The molecule has 2 aliphatic rings. The van der Waals surface area contributed by atoms with Crippen LogP contribution in [0.2, 0.25) is 0 Å². The average molecular weight is 367 g/mol. The predicted octanol–water partition coefficient (Wildman–Crippen LogP) is 4.19. The maximum Gasteiger partial charge on any atom is 0.315 e. The highest BCUT2D eigenvalue weighted by molar-refractivity contribution is 5.74. The quantitative estimate of drug-likeness (QED) is 0.832. The van der Waals surface area contributed by atoms with Crippen molar-refractivity contribution in [2.45, 2.75) is 76.4 Å². The fourth-order valence-electron chi connectivity index (χ4n) is 4.32. The van der Waals surface area contributed by atoms with Gasteiger partial charge in [-0.3, -0.25) is 9.67 Å². The summed E-state index contributed by atoms with van der Waals surface area (Å²) in [6.45, 7) is 0.443. The number of carbonyl (C=O) groups excluding carboxylic acids is 1. The second-order valence-electron chi connectivity index (χ2n) is 7.78. The topological polar surface area (TPSA) is 71.8 Å². The Morgan fingerprint density at radius 1 is 1.07 bits per heavy atom. The molecule has 6 nitrogen and oxygen atoms in total. The Morgan fingerprint density at radius 3 is 2.59 bits per heavy atom. The lowest BCUT2D eigenvalue weighted by Crippen LogP contribution is -2.42. The third kappa shape index (κ3) is 4.49. The lowest BCUT2D eigenvalue weighted by Gasteiger charge is -2.22. The summed E-state index contributed by atoms with van der Waals surface area (Å²) in [6.07, 6.45) is 12.5. The van der Waals surface area contributed by atoms with Gasteiger partial charge in [-0.05, 0) is 43.9 Å². The first-order chi connectivity index (χ1) is 13.3. The Balaban J connectivity index is 1.44. The summed E-state index contributed by atoms with van der Waals surface area (Å²) >= 11 is 0. The van der Waals surface area contributed by atoms with Gasteiger partial charge in [0.1, 0.15) is 0 Å². The summed E-state index contributed by atoms with van der Waals surface area (Å²) in [5.41, 5.74) is 2.88. The molecule has 2 fully saturated rings. The molecule has 4 rings (SSSR count). The molecule has 2 aliphatic carbocycles. The molecule has 144 valence electrons. The van der Waals surface area contributed by atoms with Crippen LogP contribution in [0.15, 0.2) is 30.5 Å². The maximum atomic E-state index is 12.2. The fraction of sp³-hybridized carbons (Fsp3) is 0.571. The lowest BCUT2D eigenvalue weighted by molar-refractivity contribution is 0.232. The SMILES string of the molecule is O=C(NCc1cc(-c2ccccn2)n(C2CCCC2)n1)NC1CCCCC1. The van der Waals surface area contributed by atoms with Crippen molar-refractivity contribution in [2.75, 3.05) is 0 Å². The monoisotopic (exact) mass is 367 g/mol. The van der Waals surface area contributed by atoms with Crippen molar-refractivity contribution < 1.29 is 4.79 Å². The molecule has 2 aromatic rings. The van der Waals surface area contributed by atoms with Crippen LogP contribution in [0.1, 0.15) is 69.5 Å². The van der Waals surface area contributed by atoms with E-state index in [1.807, 2.05) is 24.4 Å². The summed E-state index contributed by atoms with van der Waals surface area (Å²) in [5, 5.41) is 10.9. The predicted molar refractivity (Wildman–Crippen MR) is 105 cm³/mol. The number of hydrogen-bond acceptors (Lipinski definition) is 3. The van der Waals surface area contributed by atoms with Gasteiger partial charge in [-0.2, -0.15) is 5.10 Å². The normalized spacial score (nSPS) is 18.5.